The van der Waals surface area contributed by atoms with E-state index in [-0.39, 0.29) is 41.4 Å². The van der Waals surface area contributed by atoms with E-state index in [0.717, 1.165) is 0 Å². The zero-order valence-corrected chi connectivity index (χ0v) is 8.85. The Morgan fingerprint density at radius 1 is 1.33 bits per heavy atom. The molecule has 0 amide bonds. The molecule has 0 aliphatic rings. The van der Waals surface area contributed by atoms with Crippen molar-refractivity contribution in [1.82, 2.24) is 0 Å². The number of hydrogen-bond donors (Lipinski definition) is 2. The van der Waals surface area contributed by atoms with Gasteiger partial charge in [0.2, 0.25) is 0 Å². The molecule has 2 nitrogen and oxygen atoms in total. The standard InChI is InChI=1S/CH4N2S.ClH.Sn.2H/c2-1(3)4;;;;/h(H4,2,3,4);1H;;;. The molecule has 0 rings (SSSR count). The molecule has 0 aromatic rings. The van der Waals surface area contributed by atoms with E-state index in [1.165, 1.54) is 0 Å². The molecule has 0 aliphatic carbocycles. The van der Waals surface area contributed by atoms with Crippen molar-refractivity contribution in [2.24, 2.45) is 11.5 Å². The van der Waals surface area contributed by atoms with Crippen LogP contribution in [0.2, 0.25) is 0 Å². The minimum atomic E-state index is 0. The second-order valence-electron chi connectivity index (χ2n) is 0.402. The molecular formula is CH7ClN2SSn. The Bertz CT molecular complexity index is 36.5. The topological polar surface area (TPSA) is 52.0 Å². The van der Waals surface area contributed by atoms with Gasteiger partial charge in [0.25, 0.3) is 0 Å². The summed E-state index contributed by atoms with van der Waals surface area (Å²) >= 11 is 4.09. The van der Waals surface area contributed by atoms with Crippen LogP contribution in [0.15, 0.2) is 0 Å². The first-order valence-electron chi connectivity index (χ1n) is 0.781. The van der Waals surface area contributed by atoms with Gasteiger partial charge in [-0.25, -0.2) is 0 Å². The zero-order chi connectivity index (χ0) is 3.58. The first kappa shape index (κ1) is 15.9. The van der Waals surface area contributed by atoms with Crippen LogP contribution in [0.25, 0.3) is 0 Å². The van der Waals surface area contributed by atoms with Crippen LogP contribution in [0.1, 0.15) is 0 Å². The summed E-state index contributed by atoms with van der Waals surface area (Å²) in [5.41, 5.74) is 9.24. The molecule has 0 unspecified atom stereocenters. The number of hydrogen-bond acceptors (Lipinski definition) is 1. The van der Waals surface area contributed by atoms with Crippen LogP contribution in [0.3, 0.4) is 0 Å². The van der Waals surface area contributed by atoms with Gasteiger partial charge in [0.05, 0.1) is 0 Å². The van der Waals surface area contributed by atoms with Crippen molar-refractivity contribution in [1.29, 1.82) is 0 Å². The van der Waals surface area contributed by atoms with Crippen molar-refractivity contribution in [2.45, 2.75) is 0 Å². The average Bonchev–Trinajstić information content (AvgIpc) is 0.811. The Balaban J connectivity index is -0.0000000450. The summed E-state index contributed by atoms with van der Waals surface area (Å²) in [6.45, 7) is 0. The maximum absolute atomic E-state index is 4.62. The number of nitrogens with two attached hydrogens (primary N) is 2. The van der Waals surface area contributed by atoms with E-state index < -0.39 is 0 Å². The summed E-state index contributed by atoms with van der Waals surface area (Å²) in [4.78, 5) is 0. The van der Waals surface area contributed by atoms with Crippen LogP contribution in [0.4, 0.5) is 0 Å². The maximum atomic E-state index is 4.62. The molecule has 0 spiro atoms. The van der Waals surface area contributed by atoms with Gasteiger partial charge in [-0.3, -0.25) is 0 Å². The van der Waals surface area contributed by atoms with E-state index in [9.17, 15) is 0 Å². The monoisotopic (exact) mass is 234 g/mol. The molecule has 38 valence electrons. The van der Waals surface area contributed by atoms with Crippen LogP contribution < -0.4 is 11.5 Å². The van der Waals surface area contributed by atoms with Crippen molar-refractivity contribution in [2.75, 3.05) is 0 Å². The third-order valence-corrected chi connectivity index (χ3v) is 0. The van der Waals surface area contributed by atoms with E-state index in [2.05, 4.69) is 23.7 Å². The van der Waals surface area contributed by atoms with Crippen molar-refractivity contribution < 1.29 is 0 Å². The molecule has 0 aromatic heterocycles. The van der Waals surface area contributed by atoms with E-state index >= 15 is 0 Å². The van der Waals surface area contributed by atoms with Crippen LogP contribution in [0.5, 0.6) is 0 Å². The van der Waals surface area contributed by atoms with Gasteiger partial charge in [-0.05, 0) is 12.2 Å². The van der Waals surface area contributed by atoms with Gasteiger partial charge >= 0.3 is 23.9 Å². The molecule has 0 saturated heterocycles. The van der Waals surface area contributed by atoms with Gasteiger partial charge in [0, 0.05) is 0 Å². The summed E-state index contributed by atoms with van der Waals surface area (Å²) in [7, 11) is 0. The molecule has 0 heterocycles. The van der Waals surface area contributed by atoms with E-state index in [4.69, 9.17) is 0 Å². The van der Waals surface area contributed by atoms with Crippen LogP contribution in [-0.2, 0) is 0 Å². The normalized spacial score (nSPS) is 4.00. The second-order valence-corrected chi connectivity index (χ2v) is 0.874. The fraction of sp³-hybridized carbons (Fsp3) is 0. The second kappa shape index (κ2) is 9.24. The Morgan fingerprint density at radius 2 is 1.33 bits per heavy atom. The molecule has 0 fully saturated rings. The fourth-order valence-corrected chi connectivity index (χ4v) is 0. The van der Waals surface area contributed by atoms with Crippen LogP contribution >= 0.6 is 24.6 Å². The number of thiocarbonyl (C=S) groups is 1. The fourth-order valence-electron chi connectivity index (χ4n) is 0. The molecule has 5 heteroatoms. The quantitative estimate of drug-likeness (QED) is 0.404. The Hall–Kier alpha value is 0.779. The molecule has 0 atom stereocenters. The summed E-state index contributed by atoms with van der Waals surface area (Å²) in [5, 5.41) is 0.000000000000000222. The molecule has 4 N–H and O–H groups in total. The van der Waals surface area contributed by atoms with Gasteiger partial charge in [0.1, 0.15) is 0 Å². The van der Waals surface area contributed by atoms with E-state index in [0.29, 0.717) is 0 Å². The summed E-state index contributed by atoms with van der Waals surface area (Å²) in [6.07, 6.45) is 0. The van der Waals surface area contributed by atoms with Gasteiger partial charge in [0.15, 0.2) is 5.11 Å². The van der Waals surface area contributed by atoms with Gasteiger partial charge in [-0.2, -0.15) is 0 Å². The van der Waals surface area contributed by atoms with Crippen molar-refractivity contribution in [3.8, 4) is 0 Å². The van der Waals surface area contributed by atoms with Gasteiger partial charge in [-0.15, -0.1) is 12.4 Å². The Labute approximate surface area is 65.0 Å². The minimum absolute atomic E-state index is 0. The molecule has 0 bridgehead atoms. The van der Waals surface area contributed by atoms with Gasteiger partial charge < -0.3 is 11.5 Å². The van der Waals surface area contributed by atoms with Crippen molar-refractivity contribution >= 4 is 53.6 Å². The molecule has 0 saturated carbocycles. The summed E-state index contributed by atoms with van der Waals surface area (Å²) in [6, 6.07) is 0. The SMILES string of the molecule is Cl.NC(N)=S.[SnH2]. The average molecular weight is 233 g/mol. The molecule has 6 heavy (non-hydrogen) atoms. The summed E-state index contributed by atoms with van der Waals surface area (Å²) in [5.74, 6) is 0. The molecular weight excluding hydrogens is 226 g/mol. The molecule has 2 radical (unpaired) electrons. The number of rotatable bonds is 0. The Kier molecular flexibility index (Phi) is 24.4. The van der Waals surface area contributed by atoms with Crippen molar-refractivity contribution in [3.63, 3.8) is 0 Å². The first-order chi connectivity index (χ1) is 1.73. The van der Waals surface area contributed by atoms with E-state index in [1.54, 1.807) is 0 Å². The zero-order valence-electron chi connectivity index (χ0n) is 3.18. The first-order valence-corrected chi connectivity index (χ1v) is 1.19. The Morgan fingerprint density at radius 3 is 1.33 bits per heavy atom. The van der Waals surface area contributed by atoms with Crippen molar-refractivity contribution in [3.05, 3.63) is 0 Å². The van der Waals surface area contributed by atoms with Crippen LogP contribution in [0, 0.1) is 0 Å². The third kappa shape index (κ3) is 113. The third-order valence-electron chi connectivity index (χ3n) is 0. The molecule has 0 aliphatic heterocycles. The van der Waals surface area contributed by atoms with E-state index in [1.807, 2.05) is 0 Å². The molecule has 0 aromatic carbocycles. The summed E-state index contributed by atoms with van der Waals surface area (Å²) < 4.78 is 0. The van der Waals surface area contributed by atoms with Gasteiger partial charge in [-0.1, -0.05) is 0 Å². The number of halogens is 1. The predicted molar refractivity (Wildman–Crippen MR) is 36.8 cm³/mol. The predicted octanol–water partition coefficient (Wildman–Crippen LogP) is -1.31. The van der Waals surface area contributed by atoms with Crippen LogP contribution in [-0.4, -0.2) is 29.0 Å².